The van der Waals surface area contributed by atoms with Crippen molar-refractivity contribution >= 4 is 0 Å². The Balaban J connectivity index is 3.08. The van der Waals surface area contributed by atoms with Gasteiger partial charge < -0.3 is 0 Å². The molecule has 0 aromatic carbocycles. The molecule has 0 bridgehead atoms. The molecule has 26 heavy (non-hydrogen) atoms. The molecule has 0 aromatic rings. The van der Waals surface area contributed by atoms with Crippen molar-refractivity contribution in [3.05, 3.63) is 13.8 Å². The van der Waals surface area contributed by atoms with E-state index in [2.05, 4.69) is 25.7 Å². The molecule has 0 rings (SSSR count). The summed E-state index contributed by atoms with van der Waals surface area (Å²) >= 11 is 0. The van der Waals surface area contributed by atoms with Gasteiger partial charge in [-0.3, -0.25) is 0 Å². The Hall–Kier alpha value is -0.440. The summed E-state index contributed by atoms with van der Waals surface area (Å²) in [5, 5.41) is 0. The van der Waals surface area contributed by atoms with Gasteiger partial charge in [0.1, 0.15) is 0 Å². The molecule has 0 aliphatic carbocycles. The van der Waals surface area contributed by atoms with Gasteiger partial charge >= 0.3 is 0 Å². The lowest BCUT2D eigenvalue weighted by Crippen LogP contribution is -1.82. The van der Waals surface area contributed by atoms with Crippen LogP contribution in [0.25, 0.3) is 0 Å². The molecular formula is C26H48. The lowest BCUT2D eigenvalue weighted by atomic mass is 10.1. The first-order valence-electron chi connectivity index (χ1n) is 12.0. The topological polar surface area (TPSA) is 0 Å². The summed E-state index contributed by atoms with van der Waals surface area (Å²) in [6.07, 6.45) is 29.4. The highest BCUT2D eigenvalue weighted by atomic mass is 14.0. The van der Waals surface area contributed by atoms with E-state index in [1.54, 1.807) is 0 Å². The van der Waals surface area contributed by atoms with Gasteiger partial charge in [0, 0.05) is 12.8 Å². The van der Waals surface area contributed by atoms with Gasteiger partial charge in [0.25, 0.3) is 0 Å². The highest BCUT2D eigenvalue weighted by molar-refractivity contribution is 4.98. The summed E-state index contributed by atoms with van der Waals surface area (Å²) in [5.41, 5.74) is 0. The maximum atomic E-state index is 3.90. The van der Waals surface area contributed by atoms with Crippen LogP contribution in [0, 0.1) is 25.7 Å². The van der Waals surface area contributed by atoms with E-state index >= 15 is 0 Å². The fourth-order valence-corrected chi connectivity index (χ4v) is 3.43. The predicted molar refractivity (Wildman–Crippen MR) is 120 cm³/mol. The third kappa shape index (κ3) is 23.6. The van der Waals surface area contributed by atoms with E-state index in [-0.39, 0.29) is 0 Å². The van der Waals surface area contributed by atoms with Gasteiger partial charge in [-0.2, -0.15) is 0 Å². The quantitative estimate of drug-likeness (QED) is 0.150. The van der Waals surface area contributed by atoms with Crippen LogP contribution >= 0.6 is 0 Å². The molecule has 0 aliphatic heterocycles. The van der Waals surface area contributed by atoms with Crippen molar-refractivity contribution in [3.63, 3.8) is 0 Å². The molecule has 0 saturated carbocycles. The average Bonchev–Trinajstić information content (AvgIpc) is 2.66. The highest BCUT2D eigenvalue weighted by Gasteiger charge is 1.93. The maximum Gasteiger partial charge on any atom is 0.00886 e. The smallest absolute Gasteiger partial charge is 0.00886 e. The van der Waals surface area contributed by atoms with E-state index in [4.69, 9.17) is 0 Å². The molecule has 0 unspecified atom stereocenters. The van der Waals surface area contributed by atoms with Crippen molar-refractivity contribution < 1.29 is 0 Å². The molecule has 0 atom stereocenters. The van der Waals surface area contributed by atoms with Crippen molar-refractivity contribution in [1.29, 1.82) is 0 Å². The Morgan fingerprint density at radius 3 is 0.808 bits per heavy atom. The van der Waals surface area contributed by atoms with Gasteiger partial charge in [0.15, 0.2) is 0 Å². The van der Waals surface area contributed by atoms with Crippen molar-refractivity contribution in [1.82, 2.24) is 0 Å². The Morgan fingerprint density at radius 2 is 0.538 bits per heavy atom. The summed E-state index contributed by atoms with van der Waals surface area (Å²) in [7, 11) is 0. The molecule has 0 N–H and O–H groups in total. The van der Waals surface area contributed by atoms with Crippen LogP contribution < -0.4 is 0 Å². The Morgan fingerprint density at radius 1 is 0.308 bits per heavy atom. The lowest BCUT2D eigenvalue weighted by Gasteiger charge is -2.01. The first-order valence-corrected chi connectivity index (χ1v) is 12.0. The van der Waals surface area contributed by atoms with Gasteiger partial charge in [-0.1, -0.05) is 129 Å². The Labute approximate surface area is 167 Å². The monoisotopic (exact) mass is 360 g/mol. The standard InChI is InChI=1S/C26H48/c1-3-5-7-9-11-13-15-17-19-21-23-25-26-24-22-20-18-16-14-12-10-8-6-4-2/h1-23,25H2. The fourth-order valence-electron chi connectivity index (χ4n) is 3.43. The number of hydrogen-bond acceptors (Lipinski definition) is 0. The molecule has 0 heterocycles. The molecule has 0 aromatic heterocycles. The summed E-state index contributed by atoms with van der Waals surface area (Å²) in [6, 6.07) is 0. The Kier molecular flexibility index (Phi) is 24.1. The van der Waals surface area contributed by atoms with Crippen LogP contribution in [0.5, 0.6) is 0 Å². The second-order valence-electron chi connectivity index (χ2n) is 7.92. The molecule has 0 spiro atoms. The Bertz CT molecular complexity index is 293. The minimum Gasteiger partial charge on any atom is -0.103 e. The van der Waals surface area contributed by atoms with Gasteiger partial charge in [-0.05, 0) is 12.8 Å². The van der Waals surface area contributed by atoms with Crippen LogP contribution in [0.1, 0.15) is 141 Å². The maximum absolute atomic E-state index is 3.90. The van der Waals surface area contributed by atoms with Crippen LogP contribution in [-0.2, 0) is 0 Å². The predicted octanol–water partition coefficient (Wildman–Crippen LogP) is 9.24. The number of hydrogen-bond donors (Lipinski definition) is 0. The van der Waals surface area contributed by atoms with Crippen LogP contribution in [0.2, 0.25) is 0 Å². The van der Waals surface area contributed by atoms with Crippen molar-refractivity contribution in [2.24, 2.45) is 0 Å². The molecule has 0 fully saturated rings. The molecule has 0 amide bonds. The van der Waals surface area contributed by atoms with E-state index in [0.29, 0.717) is 0 Å². The molecule has 0 aliphatic rings. The summed E-state index contributed by atoms with van der Waals surface area (Å²) in [6.45, 7) is 7.79. The van der Waals surface area contributed by atoms with Crippen LogP contribution in [-0.4, -0.2) is 0 Å². The zero-order valence-electron chi connectivity index (χ0n) is 18.0. The van der Waals surface area contributed by atoms with Gasteiger partial charge in [0.05, 0.1) is 0 Å². The van der Waals surface area contributed by atoms with Gasteiger partial charge in [0.2, 0.25) is 0 Å². The fraction of sp³-hybridized carbons (Fsp3) is 0.846. The van der Waals surface area contributed by atoms with E-state index in [0.717, 1.165) is 25.7 Å². The van der Waals surface area contributed by atoms with Crippen molar-refractivity contribution in [2.45, 2.75) is 141 Å². The number of unbranched alkanes of at least 4 members (excludes halogenated alkanes) is 20. The zero-order chi connectivity index (χ0) is 19.0. The van der Waals surface area contributed by atoms with Crippen LogP contribution in [0.15, 0.2) is 0 Å². The molecule has 152 valence electrons. The SMILES string of the molecule is [CH2]CCCCCCCCCCC#CCCCCCCCCCCCC[CH2]. The summed E-state index contributed by atoms with van der Waals surface area (Å²) < 4.78 is 0. The summed E-state index contributed by atoms with van der Waals surface area (Å²) in [5.74, 6) is 6.76. The van der Waals surface area contributed by atoms with Gasteiger partial charge in [-0.15, -0.1) is 11.8 Å². The van der Waals surface area contributed by atoms with E-state index in [1.807, 2.05) is 0 Å². The van der Waals surface area contributed by atoms with E-state index in [1.165, 1.54) is 116 Å². The second kappa shape index (κ2) is 24.6. The molecule has 0 nitrogen and oxygen atoms in total. The highest BCUT2D eigenvalue weighted by Crippen LogP contribution is 2.12. The average molecular weight is 361 g/mol. The second-order valence-corrected chi connectivity index (χ2v) is 7.92. The van der Waals surface area contributed by atoms with Crippen molar-refractivity contribution in [3.8, 4) is 11.8 Å². The summed E-state index contributed by atoms with van der Waals surface area (Å²) in [4.78, 5) is 0. The van der Waals surface area contributed by atoms with E-state index in [9.17, 15) is 0 Å². The zero-order valence-corrected chi connectivity index (χ0v) is 18.0. The van der Waals surface area contributed by atoms with E-state index < -0.39 is 0 Å². The first kappa shape index (κ1) is 25.6. The van der Waals surface area contributed by atoms with Gasteiger partial charge in [-0.25, -0.2) is 0 Å². The lowest BCUT2D eigenvalue weighted by molar-refractivity contribution is 0.554. The third-order valence-corrected chi connectivity index (χ3v) is 5.23. The molecule has 0 heteroatoms. The molecule has 0 saturated heterocycles. The first-order chi connectivity index (χ1) is 12.9. The normalized spacial score (nSPS) is 10.7. The number of rotatable bonds is 20. The minimum absolute atomic E-state index is 1.11. The van der Waals surface area contributed by atoms with Crippen LogP contribution in [0.3, 0.4) is 0 Å². The molecular weight excluding hydrogens is 312 g/mol. The molecule has 2 radical (unpaired) electrons. The van der Waals surface area contributed by atoms with Crippen molar-refractivity contribution in [2.75, 3.05) is 0 Å². The van der Waals surface area contributed by atoms with Crippen LogP contribution in [0.4, 0.5) is 0 Å². The third-order valence-electron chi connectivity index (χ3n) is 5.23. The largest absolute Gasteiger partial charge is 0.103 e. The minimum atomic E-state index is 1.11.